The van der Waals surface area contributed by atoms with E-state index in [1.165, 1.54) is 6.07 Å². The van der Waals surface area contributed by atoms with E-state index in [0.29, 0.717) is 30.8 Å². The first kappa shape index (κ1) is 20.9. The van der Waals surface area contributed by atoms with Crippen molar-refractivity contribution in [2.75, 3.05) is 13.1 Å². The molecule has 1 aromatic heterocycles. The molecule has 2 aromatic rings. The zero-order valence-electron chi connectivity index (χ0n) is 18.1. The molecule has 6 nitrogen and oxygen atoms in total. The lowest BCUT2D eigenvalue weighted by atomic mass is 9.71. The molecular formula is C24H31NO5. The smallest absolute Gasteiger partial charge is 0.336 e. The fraction of sp³-hybridized carbons (Fsp3) is 0.583. The van der Waals surface area contributed by atoms with Crippen LogP contribution in [0, 0.1) is 12.8 Å². The molecular weight excluding hydrogens is 382 g/mol. The number of aliphatic hydroxyl groups is 1. The highest BCUT2D eigenvalue weighted by Gasteiger charge is 2.44. The molecule has 0 spiro atoms. The molecule has 162 valence electrons. The van der Waals surface area contributed by atoms with Crippen molar-refractivity contribution in [3.63, 3.8) is 0 Å². The normalized spacial score (nSPS) is 25.1. The first-order valence-corrected chi connectivity index (χ1v) is 11.1. The van der Waals surface area contributed by atoms with Crippen LogP contribution in [0.1, 0.15) is 57.1 Å². The maximum absolute atomic E-state index is 13.1. The standard InChI is InChI=1S/C24H31NO5/c1-4-17-13-21(26)30-22-15(2)20(9-8-19(17)22)29-16(3)23(27)25-12-11-24(28)10-6-5-7-18(24)14-25/h8-9,13,16,18,28H,4-7,10-12,14H2,1-3H3/t16-,18+,24-/m1/s1. The maximum Gasteiger partial charge on any atom is 0.336 e. The third-order valence-electron chi connectivity index (χ3n) is 6.97. The first-order valence-electron chi connectivity index (χ1n) is 11.1. The van der Waals surface area contributed by atoms with Gasteiger partial charge in [-0.05, 0) is 57.2 Å². The molecule has 4 rings (SSSR count). The number of aryl methyl sites for hydroxylation is 2. The molecule has 1 aliphatic carbocycles. The van der Waals surface area contributed by atoms with Gasteiger partial charge in [0, 0.05) is 36.0 Å². The van der Waals surface area contributed by atoms with Gasteiger partial charge in [-0.25, -0.2) is 4.79 Å². The summed E-state index contributed by atoms with van der Waals surface area (Å²) in [6.45, 7) is 6.76. The van der Waals surface area contributed by atoms with E-state index in [0.717, 1.165) is 48.6 Å². The number of amides is 1. The Morgan fingerprint density at radius 1 is 1.37 bits per heavy atom. The van der Waals surface area contributed by atoms with Gasteiger partial charge in [0.25, 0.3) is 5.91 Å². The summed E-state index contributed by atoms with van der Waals surface area (Å²) in [5.74, 6) is 0.636. The van der Waals surface area contributed by atoms with Gasteiger partial charge >= 0.3 is 5.63 Å². The van der Waals surface area contributed by atoms with E-state index >= 15 is 0 Å². The second kappa shape index (κ2) is 8.06. The zero-order valence-corrected chi connectivity index (χ0v) is 18.1. The van der Waals surface area contributed by atoms with Gasteiger partial charge in [-0.1, -0.05) is 19.8 Å². The summed E-state index contributed by atoms with van der Waals surface area (Å²) in [5, 5.41) is 11.8. The summed E-state index contributed by atoms with van der Waals surface area (Å²) in [4.78, 5) is 26.8. The molecule has 2 heterocycles. The molecule has 1 aromatic carbocycles. The molecule has 0 bridgehead atoms. The molecule has 1 saturated carbocycles. The fourth-order valence-electron chi connectivity index (χ4n) is 5.10. The predicted octanol–water partition coefficient (Wildman–Crippen LogP) is 3.58. The van der Waals surface area contributed by atoms with Crippen molar-refractivity contribution in [3.8, 4) is 5.75 Å². The van der Waals surface area contributed by atoms with Crippen LogP contribution in [0.4, 0.5) is 0 Å². The fourth-order valence-corrected chi connectivity index (χ4v) is 5.10. The van der Waals surface area contributed by atoms with Gasteiger partial charge in [0.1, 0.15) is 11.3 Å². The van der Waals surface area contributed by atoms with Crippen LogP contribution >= 0.6 is 0 Å². The Balaban J connectivity index is 1.51. The SMILES string of the molecule is CCc1cc(=O)oc2c(C)c(O[C@H](C)C(=O)N3CC[C@]4(O)CCCC[C@H]4C3)ccc12. The Morgan fingerprint density at radius 3 is 2.93 bits per heavy atom. The van der Waals surface area contributed by atoms with Gasteiger partial charge in [0.05, 0.1) is 5.60 Å². The van der Waals surface area contributed by atoms with Crippen LogP contribution in [0.25, 0.3) is 11.0 Å². The van der Waals surface area contributed by atoms with E-state index in [1.807, 2.05) is 30.9 Å². The maximum atomic E-state index is 13.1. The average molecular weight is 414 g/mol. The van der Waals surface area contributed by atoms with Crippen LogP contribution in [0.15, 0.2) is 27.4 Å². The number of rotatable bonds is 4. The van der Waals surface area contributed by atoms with Gasteiger partial charge in [-0.3, -0.25) is 4.79 Å². The monoisotopic (exact) mass is 413 g/mol. The number of hydrogen-bond donors (Lipinski definition) is 1. The van der Waals surface area contributed by atoms with Gasteiger partial charge in [0.2, 0.25) is 0 Å². The minimum Gasteiger partial charge on any atom is -0.480 e. The Hall–Kier alpha value is -2.34. The third kappa shape index (κ3) is 3.73. The molecule has 2 aliphatic rings. The number of carbonyl (C=O) groups excluding carboxylic acids is 1. The molecule has 1 N–H and O–H groups in total. The molecule has 1 aliphatic heterocycles. The molecule has 0 radical (unpaired) electrons. The second-order valence-corrected chi connectivity index (χ2v) is 8.85. The van der Waals surface area contributed by atoms with Gasteiger partial charge in [-0.15, -0.1) is 0 Å². The molecule has 2 fully saturated rings. The molecule has 1 saturated heterocycles. The molecule has 3 atom stereocenters. The van der Waals surface area contributed by atoms with Crippen LogP contribution in [0.3, 0.4) is 0 Å². The van der Waals surface area contributed by atoms with Gasteiger partial charge < -0.3 is 19.2 Å². The van der Waals surface area contributed by atoms with Gasteiger partial charge in [-0.2, -0.15) is 0 Å². The Bertz CT molecular complexity index is 1010. The molecule has 1 amide bonds. The van der Waals surface area contributed by atoms with Crippen LogP contribution in [0.5, 0.6) is 5.75 Å². The lowest BCUT2D eigenvalue weighted by molar-refractivity contribution is -0.149. The van der Waals surface area contributed by atoms with Crippen LogP contribution in [0.2, 0.25) is 0 Å². The Morgan fingerprint density at radius 2 is 2.17 bits per heavy atom. The number of nitrogens with zero attached hydrogens (tertiary/aromatic N) is 1. The first-order chi connectivity index (χ1) is 14.3. The van der Waals surface area contributed by atoms with E-state index in [2.05, 4.69) is 0 Å². The zero-order chi connectivity index (χ0) is 21.5. The molecule has 0 unspecified atom stereocenters. The quantitative estimate of drug-likeness (QED) is 0.775. The number of likely N-dealkylation sites (tertiary alicyclic amines) is 1. The highest BCUT2D eigenvalue weighted by molar-refractivity contribution is 5.85. The van der Waals surface area contributed by atoms with Crippen molar-refractivity contribution < 1.29 is 19.1 Å². The van der Waals surface area contributed by atoms with E-state index in [9.17, 15) is 14.7 Å². The van der Waals surface area contributed by atoms with E-state index < -0.39 is 11.7 Å². The second-order valence-electron chi connectivity index (χ2n) is 8.85. The summed E-state index contributed by atoms with van der Waals surface area (Å²) in [7, 11) is 0. The molecule has 6 heteroatoms. The summed E-state index contributed by atoms with van der Waals surface area (Å²) >= 11 is 0. The third-order valence-corrected chi connectivity index (χ3v) is 6.97. The minimum absolute atomic E-state index is 0.0640. The summed E-state index contributed by atoms with van der Waals surface area (Å²) in [5.41, 5.74) is 1.19. The summed E-state index contributed by atoms with van der Waals surface area (Å²) in [6, 6.07) is 5.26. The number of hydrogen-bond acceptors (Lipinski definition) is 5. The Labute approximate surface area is 176 Å². The number of ether oxygens (including phenoxy) is 1. The van der Waals surface area contributed by atoms with E-state index in [4.69, 9.17) is 9.15 Å². The van der Waals surface area contributed by atoms with E-state index in [1.54, 1.807) is 6.92 Å². The van der Waals surface area contributed by atoms with Crippen LogP contribution in [-0.2, 0) is 11.2 Å². The highest BCUT2D eigenvalue weighted by atomic mass is 16.5. The number of fused-ring (bicyclic) bond motifs is 2. The van der Waals surface area contributed by atoms with Crippen LogP contribution < -0.4 is 10.4 Å². The molecule has 30 heavy (non-hydrogen) atoms. The lowest BCUT2D eigenvalue weighted by Crippen LogP contribution is -2.56. The lowest BCUT2D eigenvalue weighted by Gasteiger charge is -2.47. The van der Waals surface area contributed by atoms with Crippen molar-refractivity contribution in [3.05, 3.63) is 39.7 Å². The topological polar surface area (TPSA) is 80.0 Å². The number of benzene rings is 1. The number of piperidine rings is 1. The van der Waals surface area contributed by atoms with Crippen molar-refractivity contribution in [2.45, 2.75) is 71.0 Å². The Kier molecular flexibility index (Phi) is 5.62. The number of carbonyl (C=O) groups is 1. The van der Waals surface area contributed by atoms with Crippen molar-refractivity contribution in [1.82, 2.24) is 4.90 Å². The van der Waals surface area contributed by atoms with Crippen molar-refractivity contribution >= 4 is 16.9 Å². The van der Waals surface area contributed by atoms with Crippen LogP contribution in [-0.4, -0.2) is 40.7 Å². The largest absolute Gasteiger partial charge is 0.480 e. The van der Waals surface area contributed by atoms with Crippen molar-refractivity contribution in [1.29, 1.82) is 0 Å². The highest BCUT2D eigenvalue weighted by Crippen LogP contribution is 2.40. The summed E-state index contributed by atoms with van der Waals surface area (Å²) in [6.07, 6.45) is 4.71. The summed E-state index contributed by atoms with van der Waals surface area (Å²) < 4.78 is 11.5. The van der Waals surface area contributed by atoms with Gasteiger partial charge in [0.15, 0.2) is 6.10 Å². The predicted molar refractivity (Wildman–Crippen MR) is 115 cm³/mol. The minimum atomic E-state index is -0.656. The average Bonchev–Trinajstić information content (AvgIpc) is 2.74. The van der Waals surface area contributed by atoms with E-state index in [-0.39, 0.29) is 17.5 Å². The van der Waals surface area contributed by atoms with Crippen molar-refractivity contribution in [2.24, 2.45) is 5.92 Å².